The number of benzene rings is 2. The van der Waals surface area contributed by atoms with Gasteiger partial charge in [0.1, 0.15) is 12.6 Å². The van der Waals surface area contributed by atoms with Gasteiger partial charge < -0.3 is 10.2 Å². The van der Waals surface area contributed by atoms with Crippen molar-refractivity contribution in [3.05, 3.63) is 63.1 Å². The summed E-state index contributed by atoms with van der Waals surface area (Å²) in [4.78, 5) is 28.5. The Bertz CT molecular complexity index is 1240. The molecule has 2 amide bonds. The third-order valence-corrected chi connectivity index (χ3v) is 8.62. The van der Waals surface area contributed by atoms with E-state index in [-0.39, 0.29) is 12.5 Å². The van der Waals surface area contributed by atoms with Gasteiger partial charge in [-0.1, -0.05) is 61.7 Å². The van der Waals surface area contributed by atoms with Gasteiger partial charge in [0.05, 0.1) is 5.69 Å². The Balaban J connectivity index is 2.55. The summed E-state index contributed by atoms with van der Waals surface area (Å²) in [5.74, 6) is -0.826. The van der Waals surface area contributed by atoms with Gasteiger partial charge in [-0.25, -0.2) is 4.31 Å². The molecule has 0 saturated heterocycles. The summed E-state index contributed by atoms with van der Waals surface area (Å²) < 4.78 is 29.0. The molecule has 0 bridgehead atoms. The van der Waals surface area contributed by atoms with Gasteiger partial charge in [0.15, 0.2) is 0 Å². The first kappa shape index (κ1) is 31.9. The van der Waals surface area contributed by atoms with Crippen LogP contribution >= 0.6 is 23.2 Å². The van der Waals surface area contributed by atoms with Gasteiger partial charge in [-0.15, -0.1) is 0 Å². The van der Waals surface area contributed by atoms with Gasteiger partial charge in [0, 0.05) is 37.2 Å². The Morgan fingerprint density at radius 2 is 1.71 bits per heavy atom. The predicted molar refractivity (Wildman–Crippen MR) is 155 cm³/mol. The topological polar surface area (TPSA) is 90.0 Å². The van der Waals surface area contributed by atoms with Gasteiger partial charge in [-0.05, 0) is 61.6 Å². The number of anilines is 1. The van der Waals surface area contributed by atoms with E-state index in [4.69, 9.17) is 23.2 Å². The van der Waals surface area contributed by atoms with Crippen LogP contribution in [0.3, 0.4) is 0 Å². The Morgan fingerprint density at radius 1 is 1.03 bits per heavy atom. The lowest BCUT2D eigenvalue weighted by Gasteiger charge is -2.34. The number of aryl methyl sites for hydroxylation is 2. The number of nitrogens with zero attached hydrogens (tertiary/aromatic N) is 3. The molecule has 0 aromatic heterocycles. The summed E-state index contributed by atoms with van der Waals surface area (Å²) in [6.07, 6.45) is 2.05. The molecular formula is C27H38Cl2N4O4S. The average molecular weight is 586 g/mol. The van der Waals surface area contributed by atoms with E-state index >= 15 is 0 Å². The van der Waals surface area contributed by atoms with Crippen molar-refractivity contribution >= 4 is 50.9 Å². The predicted octanol–water partition coefficient (Wildman–Crippen LogP) is 4.95. The SMILES string of the molecule is CCCCNC(=O)[C@@H](CC)N(Cc1ccc(Cl)cc1Cl)C(=O)CN(c1cc(C)ccc1C)S(=O)(=O)N(C)C. The smallest absolute Gasteiger partial charge is 0.304 e. The summed E-state index contributed by atoms with van der Waals surface area (Å²) >= 11 is 12.5. The maximum atomic E-state index is 14.0. The molecule has 0 aliphatic rings. The molecule has 0 spiro atoms. The summed E-state index contributed by atoms with van der Waals surface area (Å²) in [7, 11) is -1.21. The van der Waals surface area contributed by atoms with E-state index in [9.17, 15) is 18.0 Å². The van der Waals surface area contributed by atoms with Crippen LogP contribution in [-0.4, -0.2) is 62.7 Å². The average Bonchev–Trinajstić information content (AvgIpc) is 2.85. The maximum absolute atomic E-state index is 14.0. The first-order chi connectivity index (χ1) is 17.8. The number of hydrogen-bond acceptors (Lipinski definition) is 4. The molecule has 210 valence electrons. The standard InChI is InChI=1S/C27H38Cl2N4O4S/c1-7-9-14-30-27(35)24(8-2)32(17-21-12-13-22(28)16-23(21)29)26(34)18-33(38(36,37)31(5)6)25-15-19(3)10-11-20(25)4/h10-13,15-16,24H,7-9,14,17-18H2,1-6H3,(H,30,35)/t24-/m1/s1. The molecule has 11 heteroatoms. The molecule has 1 atom stereocenters. The quantitative estimate of drug-likeness (QED) is 0.337. The Kier molecular flexibility index (Phi) is 11.9. The van der Waals surface area contributed by atoms with Crippen molar-refractivity contribution in [2.45, 2.75) is 59.5 Å². The molecule has 2 aromatic carbocycles. The molecule has 0 heterocycles. The molecule has 2 aromatic rings. The highest BCUT2D eigenvalue weighted by atomic mass is 35.5. The lowest BCUT2D eigenvalue weighted by Crippen LogP contribution is -2.53. The van der Waals surface area contributed by atoms with Crippen LogP contribution in [0.25, 0.3) is 0 Å². The largest absolute Gasteiger partial charge is 0.354 e. The van der Waals surface area contributed by atoms with Crippen molar-refractivity contribution in [2.24, 2.45) is 0 Å². The highest BCUT2D eigenvalue weighted by molar-refractivity contribution is 7.90. The van der Waals surface area contributed by atoms with Gasteiger partial charge in [0.2, 0.25) is 11.8 Å². The first-order valence-electron chi connectivity index (χ1n) is 12.6. The van der Waals surface area contributed by atoms with Crippen LogP contribution in [0, 0.1) is 13.8 Å². The van der Waals surface area contributed by atoms with Crippen molar-refractivity contribution < 1.29 is 18.0 Å². The molecule has 2 rings (SSSR count). The molecule has 1 N–H and O–H groups in total. The monoisotopic (exact) mass is 584 g/mol. The number of carbonyl (C=O) groups excluding carboxylic acids is 2. The molecule has 0 radical (unpaired) electrons. The van der Waals surface area contributed by atoms with E-state index < -0.39 is 28.7 Å². The molecule has 0 fully saturated rings. The molecule has 8 nitrogen and oxygen atoms in total. The zero-order valence-corrected chi connectivity index (χ0v) is 25.3. The minimum atomic E-state index is -4.04. The van der Waals surface area contributed by atoms with E-state index in [1.165, 1.54) is 19.0 Å². The fourth-order valence-electron chi connectivity index (χ4n) is 3.95. The summed E-state index contributed by atoms with van der Waals surface area (Å²) in [5, 5.41) is 3.70. The molecular weight excluding hydrogens is 547 g/mol. The van der Waals surface area contributed by atoms with Crippen LogP contribution in [-0.2, 0) is 26.3 Å². The van der Waals surface area contributed by atoms with Crippen molar-refractivity contribution in [3.63, 3.8) is 0 Å². The van der Waals surface area contributed by atoms with Crippen molar-refractivity contribution in [1.82, 2.24) is 14.5 Å². The number of hydrogen-bond donors (Lipinski definition) is 1. The molecule has 0 saturated carbocycles. The fourth-order valence-corrected chi connectivity index (χ4v) is 5.53. The van der Waals surface area contributed by atoms with Crippen LogP contribution in [0.2, 0.25) is 10.0 Å². The van der Waals surface area contributed by atoms with Crippen molar-refractivity contribution in [1.29, 1.82) is 0 Å². The Labute approximate surface area is 237 Å². The van der Waals surface area contributed by atoms with E-state index in [2.05, 4.69) is 5.32 Å². The van der Waals surface area contributed by atoms with E-state index in [1.54, 1.807) is 31.2 Å². The van der Waals surface area contributed by atoms with Crippen LogP contribution in [0.5, 0.6) is 0 Å². The van der Waals surface area contributed by atoms with Crippen LogP contribution in [0.1, 0.15) is 49.8 Å². The number of unbranched alkanes of at least 4 members (excludes halogenated alkanes) is 1. The van der Waals surface area contributed by atoms with Crippen LogP contribution in [0.4, 0.5) is 5.69 Å². The molecule has 0 unspecified atom stereocenters. The lowest BCUT2D eigenvalue weighted by molar-refractivity contribution is -0.140. The zero-order chi connectivity index (χ0) is 28.6. The number of nitrogens with one attached hydrogen (secondary N) is 1. The third-order valence-electron chi connectivity index (χ3n) is 6.22. The second kappa shape index (κ2) is 14.2. The number of amides is 2. The van der Waals surface area contributed by atoms with Crippen LogP contribution in [0.15, 0.2) is 36.4 Å². The lowest BCUT2D eigenvalue weighted by atomic mass is 10.1. The molecule has 0 aliphatic carbocycles. The Hall–Kier alpha value is -2.33. The van der Waals surface area contributed by atoms with E-state index in [1.807, 2.05) is 32.9 Å². The van der Waals surface area contributed by atoms with Crippen LogP contribution < -0.4 is 9.62 Å². The number of carbonyl (C=O) groups is 2. The van der Waals surface area contributed by atoms with Crippen molar-refractivity contribution in [2.75, 3.05) is 31.5 Å². The third kappa shape index (κ3) is 8.09. The number of rotatable bonds is 13. The first-order valence-corrected chi connectivity index (χ1v) is 14.8. The summed E-state index contributed by atoms with van der Waals surface area (Å²) in [6, 6.07) is 9.53. The van der Waals surface area contributed by atoms with E-state index in [0.717, 1.165) is 27.0 Å². The molecule has 38 heavy (non-hydrogen) atoms. The zero-order valence-electron chi connectivity index (χ0n) is 22.9. The van der Waals surface area contributed by atoms with Gasteiger partial charge in [-0.2, -0.15) is 12.7 Å². The second-order valence-corrected chi connectivity index (χ2v) is 12.3. The second-order valence-electron chi connectivity index (χ2n) is 9.41. The van der Waals surface area contributed by atoms with Gasteiger partial charge >= 0.3 is 10.2 Å². The Morgan fingerprint density at radius 3 is 2.29 bits per heavy atom. The maximum Gasteiger partial charge on any atom is 0.304 e. The summed E-state index contributed by atoms with van der Waals surface area (Å²) in [6.45, 7) is 7.49. The van der Waals surface area contributed by atoms with Crippen molar-refractivity contribution in [3.8, 4) is 0 Å². The van der Waals surface area contributed by atoms with E-state index in [0.29, 0.717) is 39.8 Å². The molecule has 0 aliphatic heterocycles. The minimum Gasteiger partial charge on any atom is -0.354 e. The highest BCUT2D eigenvalue weighted by Crippen LogP contribution is 2.27. The minimum absolute atomic E-state index is 0.0111. The normalized spacial score (nSPS) is 12.3. The van der Waals surface area contributed by atoms with Gasteiger partial charge in [0.25, 0.3) is 0 Å². The number of halogens is 2. The summed E-state index contributed by atoms with van der Waals surface area (Å²) in [5.41, 5.74) is 2.55. The highest BCUT2D eigenvalue weighted by Gasteiger charge is 2.34. The fraction of sp³-hybridized carbons (Fsp3) is 0.481. The van der Waals surface area contributed by atoms with Gasteiger partial charge in [-0.3, -0.25) is 9.59 Å².